The maximum absolute atomic E-state index is 13.4. The number of nitrogens with zero attached hydrogens (tertiary/aromatic N) is 3. The zero-order chi connectivity index (χ0) is 20.2. The predicted octanol–water partition coefficient (Wildman–Crippen LogP) is 2.71. The molecule has 1 aliphatic heterocycles. The Bertz CT molecular complexity index is 1030. The van der Waals surface area contributed by atoms with Gasteiger partial charge in [0.2, 0.25) is 5.43 Å². The fourth-order valence-corrected chi connectivity index (χ4v) is 3.78. The lowest BCUT2D eigenvalue weighted by molar-refractivity contribution is 0.0689. The number of likely N-dealkylation sites (tertiary alicyclic amines) is 1. The number of H-pyrrole nitrogens is 1. The molecule has 0 bridgehead atoms. The van der Waals surface area contributed by atoms with Crippen molar-refractivity contribution in [2.45, 2.75) is 25.4 Å². The van der Waals surface area contributed by atoms with Gasteiger partial charge in [-0.25, -0.2) is 0 Å². The fraction of sp³-hybridized carbons (Fsp3) is 0.318. The lowest BCUT2D eigenvalue weighted by Crippen LogP contribution is -2.41. The summed E-state index contributed by atoms with van der Waals surface area (Å²) >= 11 is 0. The van der Waals surface area contributed by atoms with E-state index in [-0.39, 0.29) is 29.6 Å². The zero-order valence-electron chi connectivity index (χ0n) is 16.4. The predicted molar refractivity (Wildman–Crippen MR) is 109 cm³/mol. The number of aryl methyl sites for hydroxylation is 1. The molecule has 1 saturated heterocycles. The van der Waals surface area contributed by atoms with Crippen molar-refractivity contribution in [3.05, 3.63) is 82.0 Å². The molecule has 3 aromatic rings. The molecule has 1 N–H and O–H groups in total. The van der Waals surface area contributed by atoms with E-state index in [1.807, 2.05) is 36.4 Å². The monoisotopic (exact) mass is 392 g/mol. The number of hydrogen-bond donors (Lipinski definition) is 1. The van der Waals surface area contributed by atoms with Gasteiger partial charge in [-0.05, 0) is 24.5 Å². The van der Waals surface area contributed by atoms with Crippen LogP contribution in [0.4, 0.5) is 0 Å². The van der Waals surface area contributed by atoms with Crippen LogP contribution in [-0.2, 0) is 13.7 Å². The quantitative estimate of drug-likeness (QED) is 0.724. The molecule has 7 heteroatoms. The van der Waals surface area contributed by atoms with Gasteiger partial charge in [-0.15, -0.1) is 0 Å². The Balaban J connectivity index is 1.59. The average Bonchev–Trinajstić information content (AvgIpc) is 3.30. The summed E-state index contributed by atoms with van der Waals surface area (Å²) in [5.74, 6) is 0.134. The van der Waals surface area contributed by atoms with Gasteiger partial charge >= 0.3 is 0 Å². The maximum Gasteiger partial charge on any atom is 0.274 e. The summed E-state index contributed by atoms with van der Waals surface area (Å²) in [5, 5.41) is 7.03. The van der Waals surface area contributed by atoms with Gasteiger partial charge in [0.05, 0.1) is 0 Å². The van der Waals surface area contributed by atoms with Gasteiger partial charge in [-0.1, -0.05) is 30.3 Å². The highest BCUT2D eigenvalue weighted by Gasteiger charge is 2.29. The first kappa shape index (κ1) is 19.0. The van der Waals surface area contributed by atoms with Crippen LogP contribution in [0.5, 0.6) is 5.75 Å². The van der Waals surface area contributed by atoms with Crippen LogP contribution in [0.15, 0.2) is 59.7 Å². The highest BCUT2D eigenvalue weighted by molar-refractivity contribution is 5.95. The Labute approximate surface area is 168 Å². The van der Waals surface area contributed by atoms with Crippen LogP contribution >= 0.6 is 0 Å². The molecule has 1 aliphatic rings. The summed E-state index contributed by atoms with van der Waals surface area (Å²) in [5.41, 5.74) is 1.97. The second-order valence-electron chi connectivity index (χ2n) is 7.35. The number of nitrogens with one attached hydrogen (secondary N) is 1. The minimum Gasteiger partial charge on any atom is -0.483 e. The van der Waals surface area contributed by atoms with Crippen LogP contribution in [0.1, 0.15) is 40.5 Å². The van der Waals surface area contributed by atoms with Crippen molar-refractivity contribution in [1.29, 1.82) is 0 Å². The van der Waals surface area contributed by atoms with Gasteiger partial charge in [-0.2, -0.15) is 5.10 Å². The number of hydrogen-bond acceptors (Lipinski definition) is 4. The molecule has 1 atom stereocenters. The zero-order valence-corrected chi connectivity index (χ0v) is 16.4. The van der Waals surface area contributed by atoms with E-state index in [1.54, 1.807) is 28.9 Å². The Kier molecular flexibility index (Phi) is 5.46. The van der Waals surface area contributed by atoms with Crippen molar-refractivity contribution in [3.8, 4) is 5.75 Å². The van der Waals surface area contributed by atoms with Crippen molar-refractivity contribution in [2.75, 3.05) is 13.1 Å². The van der Waals surface area contributed by atoms with E-state index >= 15 is 0 Å². The molecule has 0 aliphatic carbocycles. The largest absolute Gasteiger partial charge is 0.483 e. The molecule has 3 heterocycles. The molecule has 0 saturated carbocycles. The number of aromatic amines is 1. The Hall–Kier alpha value is -3.35. The number of rotatable bonds is 5. The van der Waals surface area contributed by atoms with Gasteiger partial charge < -0.3 is 14.2 Å². The van der Waals surface area contributed by atoms with Crippen LogP contribution < -0.4 is 10.2 Å². The topological polar surface area (TPSA) is 80.2 Å². The standard InChI is InChI=1S/C22H24N4O3/c1-25-13-10-19(27)21(29-15-16-6-3-2-4-7-16)20(25)22(28)26-12-5-8-17(14-26)18-9-11-23-24-18/h2-4,6-7,9-11,13,17H,5,8,12,14-15H2,1H3,(H,23,24). The minimum atomic E-state index is -0.287. The van der Waals surface area contributed by atoms with Crippen molar-refractivity contribution >= 4 is 5.91 Å². The summed E-state index contributed by atoms with van der Waals surface area (Å²) < 4.78 is 7.52. The molecule has 29 heavy (non-hydrogen) atoms. The molecule has 1 amide bonds. The van der Waals surface area contributed by atoms with E-state index in [1.165, 1.54) is 6.07 Å². The second-order valence-corrected chi connectivity index (χ2v) is 7.35. The van der Waals surface area contributed by atoms with Crippen molar-refractivity contribution < 1.29 is 9.53 Å². The molecule has 0 spiro atoms. The number of piperidine rings is 1. The first-order valence-electron chi connectivity index (χ1n) is 9.78. The first-order valence-corrected chi connectivity index (χ1v) is 9.78. The van der Waals surface area contributed by atoms with Gasteiger partial charge in [-0.3, -0.25) is 14.7 Å². The van der Waals surface area contributed by atoms with Crippen LogP contribution in [0.3, 0.4) is 0 Å². The van der Waals surface area contributed by atoms with Gasteiger partial charge in [0.15, 0.2) is 11.4 Å². The van der Waals surface area contributed by atoms with E-state index in [2.05, 4.69) is 10.2 Å². The Morgan fingerprint density at radius 1 is 1.24 bits per heavy atom. The number of aromatic nitrogens is 3. The summed E-state index contributed by atoms with van der Waals surface area (Å²) in [6, 6.07) is 13.0. The number of pyridine rings is 1. The molecule has 0 radical (unpaired) electrons. The SMILES string of the molecule is Cn1ccc(=O)c(OCc2ccccc2)c1C(=O)N1CCCC(c2ccn[nH]2)C1. The van der Waals surface area contributed by atoms with Gasteiger partial charge in [0.25, 0.3) is 5.91 Å². The molecule has 2 aromatic heterocycles. The van der Waals surface area contributed by atoms with Crippen LogP contribution in [0.25, 0.3) is 0 Å². The van der Waals surface area contributed by atoms with Crippen molar-refractivity contribution in [1.82, 2.24) is 19.7 Å². The third-order valence-electron chi connectivity index (χ3n) is 5.34. The van der Waals surface area contributed by atoms with E-state index in [4.69, 9.17) is 4.74 Å². The molecule has 1 aromatic carbocycles. The van der Waals surface area contributed by atoms with E-state index < -0.39 is 0 Å². The third-order valence-corrected chi connectivity index (χ3v) is 5.34. The summed E-state index contributed by atoms with van der Waals surface area (Å²) in [6.45, 7) is 1.48. The lowest BCUT2D eigenvalue weighted by atomic mass is 9.94. The molecule has 1 fully saturated rings. The van der Waals surface area contributed by atoms with Crippen LogP contribution in [0, 0.1) is 0 Å². The molecular weight excluding hydrogens is 368 g/mol. The highest BCUT2D eigenvalue weighted by atomic mass is 16.5. The molecular formula is C22H24N4O3. The normalized spacial score (nSPS) is 16.6. The average molecular weight is 392 g/mol. The summed E-state index contributed by atoms with van der Waals surface area (Å²) in [7, 11) is 1.76. The smallest absolute Gasteiger partial charge is 0.274 e. The van der Waals surface area contributed by atoms with Crippen LogP contribution in [-0.4, -0.2) is 38.7 Å². The summed E-state index contributed by atoms with van der Waals surface area (Å²) in [6.07, 6.45) is 5.24. The summed E-state index contributed by atoms with van der Waals surface area (Å²) in [4.78, 5) is 27.7. The van der Waals surface area contributed by atoms with E-state index in [9.17, 15) is 9.59 Å². The third kappa shape index (κ3) is 4.08. The van der Waals surface area contributed by atoms with E-state index in [0.29, 0.717) is 18.8 Å². The van der Waals surface area contributed by atoms with E-state index in [0.717, 1.165) is 24.1 Å². The van der Waals surface area contributed by atoms with Crippen molar-refractivity contribution in [3.63, 3.8) is 0 Å². The van der Waals surface area contributed by atoms with Gasteiger partial charge in [0, 0.05) is 50.2 Å². The van der Waals surface area contributed by atoms with Crippen molar-refractivity contribution in [2.24, 2.45) is 7.05 Å². The number of ether oxygens (including phenoxy) is 1. The number of carbonyl (C=O) groups is 1. The highest BCUT2D eigenvalue weighted by Crippen LogP contribution is 2.27. The molecule has 7 nitrogen and oxygen atoms in total. The van der Waals surface area contributed by atoms with Gasteiger partial charge in [0.1, 0.15) is 6.61 Å². The maximum atomic E-state index is 13.4. The Morgan fingerprint density at radius 2 is 2.07 bits per heavy atom. The van der Waals surface area contributed by atoms with Crippen LogP contribution in [0.2, 0.25) is 0 Å². The Morgan fingerprint density at radius 3 is 2.83 bits per heavy atom. The lowest BCUT2D eigenvalue weighted by Gasteiger charge is -2.33. The number of carbonyl (C=O) groups excluding carboxylic acids is 1. The number of benzene rings is 1. The molecule has 150 valence electrons. The minimum absolute atomic E-state index is 0.104. The number of amides is 1. The molecule has 4 rings (SSSR count). The fourth-order valence-electron chi connectivity index (χ4n) is 3.78. The second kappa shape index (κ2) is 8.34. The molecule has 1 unspecified atom stereocenters. The first-order chi connectivity index (χ1) is 14.1.